The van der Waals surface area contributed by atoms with E-state index >= 15 is 0 Å². The number of aromatic nitrogens is 4. The smallest absolute Gasteiger partial charge is 0.229 e. The number of hydrogen-bond donors (Lipinski definition) is 4. The van der Waals surface area contributed by atoms with Crippen LogP contribution in [0.15, 0.2) is 23.8 Å². The second-order valence-corrected chi connectivity index (χ2v) is 8.50. The monoisotopic (exact) mass is 424 g/mol. The molecule has 10 heteroatoms. The normalized spacial score (nSPS) is 29.2. The number of aliphatic hydroxyl groups is 2. The van der Waals surface area contributed by atoms with Gasteiger partial charge in [0.1, 0.15) is 6.10 Å². The molecule has 0 aromatic carbocycles. The predicted octanol–water partition coefficient (Wildman–Crippen LogP) is 0.358. The average molecular weight is 424 g/mol. The molecule has 0 bridgehead atoms. The highest BCUT2D eigenvalue weighted by Crippen LogP contribution is 2.67. The number of imidazole rings is 1. The van der Waals surface area contributed by atoms with E-state index in [0.29, 0.717) is 29.2 Å². The second-order valence-electron chi connectivity index (χ2n) is 7.55. The van der Waals surface area contributed by atoms with E-state index in [1.54, 1.807) is 17.9 Å². The summed E-state index contributed by atoms with van der Waals surface area (Å²) in [5.74, 6) is 6.42. The number of fused-ring (bicyclic) bond motifs is 2. The quantitative estimate of drug-likeness (QED) is 0.447. The summed E-state index contributed by atoms with van der Waals surface area (Å²) in [6.45, 7) is 0. The van der Waals surface area contributed by atoms with Gasteiger partial charge in [-0.2, -0.15) is 0 Å². The van der Waals surface area contributed by atoms with E-state index in [4.69, 9.17) is 0 Å². The molecule has 2 fully saturated rings. The van der Waals surface area contributed by atoms with Crippen LogP contribution in [0, 0.1) is 23.2 Å². The number of aliphatic hydroxyl groups excluding tert-OH is 2. The molecule has 1 amide bonds. The number of amides is 1. The Balaban J connectivity index is 1.59. The van der Waals surface area contributed by atoms with Gasteiger partial charge in [-0.25, -0.2) is 15.0 Å². The highest BCUT2D eigenvalue weighted by Gasteiger charge is 2.75. The van der Waals surface area contributed by atoms with Crippen molar-refractivity contribution in [2.45, 2.75) is 24.7 Å². The Kier molecular flexibility index (Phi) is 4.28. The summed E-state index contributed by atoms with van der Waals surface area (Å²) in [6.07, 6.45) is -0.166. The van der Waals surface area contributed by atoms with Gasteiger partial charge in [0.05, 0.1) is 28.8 Å². The fourth-order valence-corrected chi connectivity index (χ4v) is 5.19. The molecule has 5 atom stereocenters. The first-order valence-corrected chi connectivity index (χ1v) is 10.5. The van der Waals surface area contributed by atoms with Gasteiger partial charge in [0.25, 0.3) is 0 Å². The molecule has 30 heavy (non-hydrogen) atoms. The number of thiophene rings is 1. The minimum atomic E-state index is -1.14. The molecule has 2 aliphatic carbocycles. The van der Waals surface area contributed by atoms with Crippen molar-refractivity contribution in [2.24, 2.45) is 11.3 Å². The summed E-state index contributed by atoms with van der Waals surface area (Å²) < 4.78 is 1.74. The minimum Gasteiger partial charge on any atom is -0.389 e. The highest BCUT2D eigenvalue weighted by molar-refractivity contribution is 7.10. The van der Waals surface area contributed by atoms with Crippen molar-refractivity contribution in [1.82, 2.24) is 24.8 Å². The number of carbonyl (C=O) groups is 1. The third kappa shape index (κ3) is 2.56. The summed E-state index contributed by atoms with van der Waals surface area (Å²) >= 11 is 1.53. The van der Waals surface area contributed by atoms with Crippen LogP contribution < -0.4 is 10.6 Å². The molecule has 3 aromatic heterocycles. The standard InChI is InChI=1S/C20H20N6O3S/c1-21-17-13-18(25-12(24-17)6-5-10-4-3-7-30-10)26(9-23-13)14-11-8-20(11,19(29)22-2)16(28)15(14)27/h3-4,7,9,11,14-16,27-28H,8H2,1-2H3,(H,22,29)(H,21,24,25)/t11?,14-,15+,16+,20?/m1/s1. The third-order valence-electron chi connectivity index (χ3n) is 6.12. The fraction of sp³-hybridized carbons (Fsp3) is 0.400. The maximum absolute atomic E-state index is 12.4. The number of nitrogens with one attached hydrogen (secondary N) is 2. The van der Waals surface area contributed by atoms with E-state index in [9.17, 15) is 15.0 Å². The molecule has 3 heterocycles. The molecule has 9 nitrogen and oxygen atoms in total. The van der Waals surface area contributed by atoms with Gasteiger partial charge >= 0.3 is 0 Å². The zero-order valence-corrected chi connectivity index (χ0v) is 17.1. The van der Waals surface area contributed by atoms with E-state index in [1.165, 1.54) is 18.4 Å². The topological polar surface area (TPSA) is 125 Å². The average Bonchev–Trinajstić information content (AvgIpc) is 3.06. The van der Waals surface area contributed by atoms with Crippen molar-refractivity contribution in [1.29, 1.82) is 0 Å². The Labute approximate surface area is 176 Å². The van der Waals surface area contributed by atoms with Crippen molar-refractivity contribution < 1.29 is 15.0 Å². The Morgan fingerprint density at radius 2 is 2.17 bits per heavy atom. The summed E-state index contributed by atoms with van der Waals surface area (Å²) in [4.78, 5) is 26.7. The zero-order valence-electron chi connectivity index (χ0n) is 16.3. The summed E-state index contributed by atoms with van der Waals surface area (Å²) in [7, 11) is 3.28. The molecule has 154 valence electrons. The van der Waals surface area contributed by atoms with Crippen molar-refractivity contribution in [3.05, 3.63) is 34.5 Å². The van der Waals surface area contributed by atoms with Crippen LogP contribution in [0.3, 0.4) is 0 Å². The lowest BCUT2D eigenvalue weighted by Crippen LogP contribution is -2.41. The van der Waals surface area contributed by atoms with E-state index < -0.39 is 23.7 Å². The van der Waals surface area contributed by atoms with Crippen LogP contribution in [0.1, 0.15) is 23.2 Å². The third-order valence-corrected chi connectivity index (χ3v) is 6.91. The van der Waals surface area contributed by atoms with Crippen molar-refractivity contribution in [3.8, 4) is 11.8 Å². The van der Waals surface area contributed by atoms with Gasteiger partial charge < -0.3 is 25.4 Å². The maximum Gasteiger partial charge on any atom is 0.229 e. The van der Waals surface area contributed by atoms with Gasteiger partial charge in [0, 0.05) is 20.0 Å². The lowest BCUT2D eigenvalue weighted by molar-refractivity contribution is -0.132. The van der Waals surface area contributed by atoms with Crippen molar-refractivity contribution in [2.75, 3.05) is 19.4 Å². The second kappa shape index (κ2) is 6.77. The largest absolute Gasteiger partial charge is 0.389 e. The zero-order chi connectivity index (χ0) is 21.0. The number of carbonyl (C=O) groups excluding carboxylic acids is 1. The van der Waals surface area contributed by atoms with Crippen LogP contribution in [0.5, 0.6) is 0 Å². The first kappa shape index (κ1) is 19.0. The van der Waals surface area contributed by atoms with Crippen molar-refractivity contribution in [3.63, 3.8) is 0 Å². The predicted molar refractivity (Wildman–Crippen MR) is 111 cm³/mol. The molecule has 2 aliphatic rings. The SMILES string of the molecule is CNC(=O)C12CC1[C@@H](n1cnc3c(NC)nc(C#Cc4cccs4)nc31)[C@H](O)[C@@H]2O. The molecule has 0 saturated heterocycles. The van der Waals surface area contributed by atoms with Crippen LogP contribution in [0.4, 0.5) is 5.82 Å². The van der Waals surface area contributed by atoms with Crippen LogP contribution in [-0.4, -0.2) is 61.9 Å². The molecule has 0 spiro atoms. The van der Waals surface area contributed by atoms with Crippen LogP contribution in [-0.2, 0) is 4.79 Å². The first-order chi connectivity index (χ1) is 14.5. The lowest BCUT2D eigenvalue weighted by Gasteiger charge is -2.23. The highest BCUT2D eigenvalue weighted by atomic mass is 32.1. The number of hydrogen-bond acceptors (Lipinski definition) is 8. The Bertz CT molecular complexity index is 1200. The Hall–Kier alpha value is -3.00. The molecule has 5 rings (SSSR count). The van der Waals surface area contributed by atoms with Crippen LogP contribution in [0.25, 0.3) is 11.2 Å². The van der Waals surface area contributed by atoms with Gasteiger partial charge in [0.15, 0.2) is 17.0 Å². The van der Waals surface area contributed by atoms with Crippen LogP contribution >= 0.6 is 11.3 Å². The van der Waals surface area contributed by atoms with Gasteiger partial charge in [-0.1, -0.05) is 6.07 Å². The molecular formula is C20H20N6O3S. The molecular weight excluding hydrogens is 404 g/mol. The van der Waals surface area contributed by atoms with Gasteiger partial charge in [-0.05, 0) is 29.7 Å². The number of rotatable bonds is 3. The van der Waals surface area contributed by atoms with Gasteiger partial charge in [-0.15, -0.1) is 11.3 Å². The van der Waals surface area contributed by atoms with E-state index in [0.717, 1.165) is 4.88 Å². The molecule has 3 aromatic rings. The van der Waals surface area contributed by atoms with Gasteiger partial charge in [-0.3, -0.25) is 4.79 Å². The summed E-state index contributed by atoms with van der Waals surface area (Å²) in [5.41, 5.74) is 0.0791. The summed E-state index contributed by atoms with van der Waals surface area (Å²) in [6, 6.07) is 3.33. The lowest BCUT2D eigenvalue weighted by atomic mass is 9.98. The minimum absolute atomic E-state index is 0.200. The molecule has 4 N–H and O–H groups in total. The van der Waals surface area contributed by atoms with E-state index in [2.05, 4.69) is 37.4 Å². The Morgan fingerprint density at radius 1 is 1.33 bits per heavy atom. The Morgan fingerprint density at radius 3 is 2.87 bits per heavy atom. The summed E-state index contributed by atoms with van der Waals surface area (Å²) in [5, 5.41) is 29.0. The van der Waals surface area contributed by atoms with Crippen LogP contribution in [0.2, 0.25) is 0 Å². The molecule has 2 saturated carbocycles. The molecule has 0 aliphatic heterocycles. The fourth-order valence-electron chi connectivity index (χ4n) is 4.62. The molecule has 2 unspecified atom stereocenters. The molecule has 0 radical (unpaired) electrons. The number of nitrogens with zero attached hydrogens (tertiary/aromatic N) is 4. The van der Waals surface area contributed by atoms with Crippen molar-refractivity contribution >= 4 is 34.2 Å². The van der Waals surface area contributed by atoms with E-state index in [1.807, 2.05) is 17.5 Å². The first-order valence-electron chi connectivity index (χ1n) is 9.57. The van der Waals surface area contributed by atoms with E-state index in [-0.39, 0.29) is 11.8 Å². The van der Waals surface area contributed by atoms with Gasteiger partial charge in [0.2, 0.25) is 11.7 Å². The number of anilines is 1. The maximum atomic E-state index is 12.4.